The van der Waals surface area contributed by atoms with Crippen LogP contribution in [0.15, 0.2) is 69.9 Å². The van der Waals surface area contributed by atoms with Gasteiger partial charge in [0.15, 0.2) is 0 Å². The fourth-order valence-electron chi connectivity index (χ4n) is 3.42. The molecule has 35 heavy (non-hydrogen) atoms. The van der Waals surface area contributed by atoms with Crippen LogP contribution in [-0.2, 0) is 16.1 Å². The molecule has 0 radical (unpaired) electrons. The van der Waals surface area contributed by atoms with Crippen molar-refractivity contribution < 1.29 is 28.3 Å². The van der Waals surface area contributed by atoms with Crippen LogP contribution in [0.5, 0.6) is 0 Å². The molecular formula is C26H21NO7S. The summed E-state index contributed by atoms with van der Waals surface area (Å²) in [5, 5.41) is 3.21. The van der Waals surface area contributed by atoms with Gasteiger partial charge in [-0.05, 0) is 37.1 Å². The van der Waals surface area contributed by atoms with Gasteiger partial charge in [-0.15, -0.1) is 11.3 Å². The average Bonchev–Trinajstić information content (AvgIpc) is 3.18. The molecule has 0 unspecified atom stereocenters. The summed E-state index contributed by atoms with van der Waals surface area (Å²) in [5.74, 6) is -2.13. The number of para-hydroxylation sites is 1. The Balaban J connectivity index is 1.65. The van der Waals surface area contributed by atoms with Gasteiger partial charge in [-0.25, -0.2) is 14.4 Å². The Bertz CT molecular complexity index is 1470. The van der Waals surface area contributed by atoms with Crippen molar-refractivity contribution in [1.29, 1.82) is 0 Å². The second kappa shape index (κ2) is 10.4. The second-order valence-electron chi connectivity index (χ2n) is 7.48. The lowest BCUT2D eigenvalue weighted by atomic mass is 10.1. The molecule has 4 aromatic rings. The minimum atomic E-state index is -0.824. The predicted octanol–water partition coefficient (Wildman–Crippen LogP) is 4.95. The highest BCUT2D eigenvalue weighted by Crippen LogP contribution is 2.35. The zero-order chi connectivity index (χ0) is 24.9. The summed E-state index contributed by atoms with van der Waals surface area (Å²) < 4.78 is 15.8. The normalized spacial score (nSPS) is 10.7. The Morgan fingerprint density at radius 1 is 0.971 bits per heavy atom. The number of hydrogen-bond donors (Lipinski definition) is 1. The highest BCUT2D eigenvalue weighted by molar-refractivity contribution is 7.18. The van der Waals surface area contributed by atoms with E-state index < -0.39 is 23.5 Å². The van der Waals surface area contributed by atoms with Crippen LogP contribution >= 0.6 is 11.3 Å². The average molecular weight is 492 g/mol. The Labute approximate surface area is 204 Å². The van der Waals surface area contributed by atoms with Crippen molar-refractivity contribution in [1.82, 2.24) is 0 Å². The summed E-state index contributed by atoms with van der Waals surface area (Å²) >= 11 is 0.876. The van der Waals surface area contributed by atoms with Crippen LogP contribution in [0.3, 0.4) is 0 Å². The number of rotatable bonds is 7. The largest absolute Gasteiger partial charge is 0.462 e. The lowest BCUT2D eigenvalue weighted by molar-refractivity contribution is 0.0477. The fraction of sp³-hybridized carbons (Fsp3) is 0.154. The van der Waals surface area contributed by atoms with Gasteiger partial charge in [-0.3, -0.25) is 4.79 Å². The van der Waals surface area contributed by atoms with Gasteiger partial charge < -0.3 is 19.2 Å². The van der Waals surface area contributed by atoms with Gasteiger partial charge in [0, 0.05) is 5.39 Å². The number of carbonyl (C=O) groups is 3. The highest BCUT2D eigenvalue weighted by Gasteiger charge is 2.28. The molecule has 0 spiro atoms. The van der Waals surface area contributed by atoms with E-state index in [0.717, 1.165) is 16.9 Å². The maximum absolute atomic E-state index is 13.0. The highest BCUT2D eigenvalue weighted by atomic mass is 32.1. The van der Waals surface area contributed by atoms with Gasteiger partial charge in [-0.1, -0.05) is 48.5 Å². The van der Waals surface area contributed by atoms with Gasteiger partial charge in [0.1, 0.15) is 27.6 Å². The zero-order valence-electron chi connectivity index (χ0n) is 19.0. The van der Waals surface area contributed by atoms with Crippen LogP contribution in [0, 0.1) is 6.92 Å². The minimum Gasteiger partial charge on any atom is -0.462 e. The lowest BCUT2D eigenvalue weighted by Crippen LogP contribution is -2.21. The third-order valence-corrected chi connectivity index (χ3v) is 6.32. The van der Waals surface area contributed by atoms with Crippen molar-refractivity contribution in [2.75, 3.05) is 11.9 Å². The third kappa shape index (κ3) is 5.15. The lowest BCUT2D eigenvalue weighted by Gasteiger charge is -2.07. The minimum absolute atomic E-state index is 0.0297. The van der Waals surface area contributed by atoms with Crippen LogP contribution in [0.1, 0.15) is 48.4 Å². The molecule has 0 atom stereocenters. The summed E-state index contributed by atoms with van der Waals surface area (Å²) in [6.45, 7) is 3.37. The number of benzene rings is 2. The van der Waals surface area contributed by atoms with Gasteiger partial charge in [0.05, 0.1) is 12.2 Å². The van der Waals surface area contributed by atoms with E-state index in [9.17, 15) is 19.2 Å². The standard InChI is InChI=1S/C26H21NO7S/c1-3-32-25(30)20-15(2)21(26(31)33-14-16-9-5-4-6-10-16)35-23(20)27-22(28)18-13-17-11-7-8-12-19(17)34-24(18)29/h4-13H,3,14H2,1-2H3,(H,27,28). The molecule has 2 aromatic carbocycles. The molecule has 2 aromatic heterocycles. The van der Waals surface area contributed by atoms with Crippen LogP contribution in [0.25, 0.3) is 11.0 Å². The monoisotopic (exact) mass is 491 g/mol. The number of fused-ring (bicyclic) bond motifs is 1. The van der Waals surface area contributed by atoms with Gasteiger partial charge >= 0.3 is 17.6 Å². The third-order valence-electron chi connectivity index (χ3n) is 5.14. The van der Waals surface area contributed by atoms with Gasteiger partial charge in [0.25, 0.3) is 5.91 Å². The molecule has 1 N–H and O–H groups in total. The summed E-state index contributed by atoms with van der Waals surface area (Å²) in [6.07, 6.45) is 0. The first-order valence-electron chi connectivity index (χ1n) is 10.7. The van der Waals surface area contributed by atoms with Gasteiger partial charge in [-0.2, -0.15) is 0 Å². The van der Waals surface area contributed by atoms with Crippen molar-refractivity contribution in [3.63, 3.8) is 0 Å². The van der Waals surface area contributed by atoms with Crippen LogP contribution < -0.4 is 10.9 Å². The maximum atomic E-state index is 13.0. The summed E-state index contributed by atoms with van der Waals surface area (Å²) in [7, 11) is 0. The molecule has 8 nitrogen and oxygen atoms in total. The molecule has 0 saturated heterocycles. The quantitative estimate of drug-likeness (QED) is 0.288. The number of hydrogen-bond acceptors (Lipinski definition) is 8. The maximum Gasteiger partial charge on any atom is 0.349 e. The molecule has 0 fully saturated rings. The van der Waals surface area contributed by atoms with Crippen LogP contribution in [0.2, 0.25) is 0 Å². The number of carbonyl (C=O) groups excluding carboxylic acids is 3. The SMILES string of the molecule is CCOC(=O)c1c(NC(=O)c2cc3ccccc3oc2=O)sc(C(=O)OCc2ccccc2)c1C. The zero-order valence-corrected chi connectivity index (χ0v) is 19.8. The first-order chi connectivity index (χ1) is 16.9. The smallest absolute Gasteiger partial charge is 0.349 e. The number of ether oxygens (including phenoxy) is 2. The van der Waals surface area contributed by atoms with E-state index in [4.69, 9.17) is 13.9 Å². The van der Waals surface area contributed by atoms with Crippen molar-refractivity contribution in [3.05, 3.63) is 98.2 Å². The molecule has 4 rings (SSSR count). The Kier molecular flexibility index (Phi) is 7.07. The van der Waals surface area contributed by atoms with Crippen molar-refractivity contribution in [3.8, 4) is 0 Å². The Morgan fingerprint density at radius 2 is 1.69 bits per heavy atom. The molecule has 1 amide bonds. The Morgan fingerprint density at radius 3 is 2.43 bits per heavy atom. The number of anilines is 1. The second-order valence-corrected chi connectivity index (χ2v) is 8.50. The van der Waals surface area contributed by atoms with Crippen molar-refractivity contribution in [2.24, 2.45) is 0 Å². The van der Waals surface area contributed by atoms with Gasteiger partial charge in [0.2, 0.25) is 0 Å². The van der Waals surface area contributed by atoms with Crippen molar-refractivity contribution in [2.45, 2.75) is 20.5 Å². The first-order valence-corrected chi connectivity index (χ1v) is 11.6. The molecule has 0 saturated carbocycles. The predicted molar refractivity (Wildman–Crippen MR) is 131 cm³/mol. The van der Waals surface area contributed by atoms with E-state index in [1.807, 2.05) is 30.3 Å². The summed E-state index contributed by atoms with van der Waals surface area (Å²) in [4.78, 5) is 51.0. The summed E-state index contributed by atoms with van der Waals surface area (Å²) in [6, 6.07) is 17.3. The van der Waals surface area contributed by atoms with E-state index in [2.05, 4.69) is 5.32 Å². The van der Waals surface area contributed by atoms with Crippen LogP contribution in [-0.4, -0.2) is 24.5 Å². The topological polar surface area (TPSA) is 112 Å². The Hall–Kier alpha value is -4.24. The van der Waals surface area contributed by atoms with Crippen LogP contribution in [0.4, 0.5) is 5.00 Å². The van der Waals surface area contributed by atoms with E-state index >= 15 is 0 Å². The molecule has 178 valence electrons. The number of thiophene rings is 1. The molecule has 0 aliphatic rings. The first kappa shape index (κ1) is 23.9. The van der Waals surface area contributed by atoms with E-state index in [1.54, 1.807) is 38.1 Å². The van der Waals surface area contributed by atoms with E-state index in [0.29, 0.717) is 16.5 Å². The van der Waals surface area contributed by atoms with E-state index in [-0.39, 0.29) is 34.2 Å². The molecule has 0 bridgehead atoms. The van der Waals surface area contributed by atoms with Crippen molar-refractivity contribution >= 4 is 45.2 Å². The molecule has 0 aliphatic carbocycles. The van der Waals surface area contributed by atoms with E-state index in [1.165, 1.54) is 6.07 Å². The fourth-order valence-corrected chi connectivity index (χ4v) is 4.51. The number of nitrogens with one attached hydrogen (secondary N) is 1. The summed E-state index contributed by atoms with van der Waals surface area (Å²) in [5.41, 5.74) is 0.427. The number of esters is 2. The molecule has 2 heterocycles. The molecule has 9 heteroatoms. The number of amides is 1. The molecular weight excluding hydrogens is 470 g/mol. The molecule has 0 aliphatic heterocycles.